The van der Waals surface area contributed by atoms with Gasteiger partial charge in [0.15, 0.2) is 5.78 Å². The Morgan fingerprint density at radius 2 is 2.04 bits per heavy atom. The molecule has 23 heavy (non-hydrogen) atoms. The number of likely N-dealkylation sites (tertiary alicyclic amines) is 1. The summed E-state index contributed by atoms with van der Waals surface area (Å²) >= 11 is 0.896. The van der Waals surface area contributed by atoms with E-state index in [0.717, 1.165) is 16.7 Å². The zero-order valence-electron chi connectivity index (χ0n) is 13.7. The Hall–Kier alpha value is -1.57. The molecule has 0 aromatic carbocycles. The molecule has 0 aromatic heterocycles. The number of rotatable bonds is 5. The number of hydrogen-bond donors (Lipinski definition) is 0. The summed E-state index contributed by atoms with van der Waals surface area (Å²) in [4.78, 5) is 50.3. The van der Waals surface area contributed by atoms with Gasteiger partial charge in [-0.15, -0.1) is 0 Å². The molecule has 2 aliphatic heterocycles. The molecule has 2 saturated heterocycles. The van der Waals surface area contributed by atoms with Crippen LogP contribution < -0.4 is 0 Å². The first-order chi connectivity index (χ1) is 10.7. The molecule has 8 heteroatoms. The van der Waals surface area contributed by atoms with Crippen molar-refractivity contribution in [1.82, 2.24) is 9.80 Å². The lowest BCUT2D eigenvalue weighted by Crippen LogP contribution is -2.47. The molecule has 0 radical (unpaired) electrons. The lowest BCUT2D eigenvalue weighted by molar-refractivity contribution is -0.131. The van der Waals surface area contributed by atoms with E-state index in [4.69, 9.17) is 4.74 Å². The van der Waals surface area contributed by atoms with Crippen molar-refractivity contribution in [2.45, 2.75) is 51.7 Å². The van der Waals surface area contributed by atoms with Crippen molar-refractivity contribution < 1.29 is 23.9 Å². The highest BCUT2D eigenvalue weighted by Gasteiger charge is 2.39. The van der Waals surface area contributed by atoms with Crippen molar-refractivity contribution in [1.29, 1.82) is 0 Å². The number of nitrogens with zero attached hydrogens (tertiary/aromatic N) is 2. The molecule has 0 bridgehead atoms. The van der Waals surface area contributed by atoms with Gasteiger partial charge in [0.25, 0.3) is 5.24 Å². The van der Waals surface area contributed by atoms with E-state index in [9.17, 15) is 19.2 Å². The first-order valence-corrected chi connectivity index (χ1v) is 8.73. The third kappa shape index (κ3) is 4.04. The Labute approximate surface area is 139 Å². The molecular weight excluding hydrogens is 320 g/mol. The summed E-state index contributed by atoms with van der Waals surface area (Å²) in [5, 5.41) is -0.400. The first-order valence-electron chi connectivity index (χ1n) is 7.74. The number of Topliss-reactive ketones (excluding diaryl/α,β-unsaturated/α-hetero) is 1. The van der Waals surface area contributed by atoms with Crippen molar-refractivity contribution in [3.63, 3.8) is 0 Å². The minimum Gasteiger partial charge on any atom is -0.443 e. The van der Waals surface area contributed by atoms with E-state index < -0.39 is 23.0 Å². The second-order valence-electron chi connectivity index (χ2n) is 6.33. The van der Waals surface area contributed by atoms with Crippen LogP contribution in [0.1, 0.15) is 40.0 Å². The normalized spacial score (nSPS) is 22.0. The lowest BCUT2D eigenvalue weighted by atomic mass is 10.1. The molecule has 1 atom stereocenters. The summed E-state index contributed by atoms with van der Waals surface area (Å²) in [5.41, 5.74) is -0.592. The van der Waals surface area contributed by atoms with Crippen molar-refractivity contribution in [3.8, 4) is 0 Å². The predicted molar refractivity (Wildman–Crippen MR) is 85.2 cm³/mol. The Bertz CT molecular complexity index is 518. The van der Waals surface area contributed by atoms with Crippen LogP contribution in [-0.4, -0.2) is 63.3 Å². The molecule has 2 fully saturated rings. The number of ether oxygens (including phenoxy) is 1. The molecule has 0 aromatic rings. The SMILES string of the molecule is CCC(C)(C)OC(=O)N1CCC[C@@H]1C(=O)CN1C(=O)CSC1=O. The van der Waals surface area contributed by atoms with Gasteiger partial charge in [-0.25, -0.2) is 4.79 Å². The number of thioether (sulfide) groups is 1. The third-order valence-corrected chi connectivity index (χ3v) is 5.09. The molecule has 0 saturated carbocycles. The Kier molecular flexibility index (Phi) is 5.33. The molecule has 2 heterocycles. The molecule has 128 valence electrons. The Morgan fingerprint density at radius 1 is 1.35 bits per heavy atom. The maximum atomic E-state index is 12.4. The van der Waals surface area contributed by atoms with Crippen LogP contribution in [0.5, 0.6) is 0 Å². The molecule has 0 aliphatic carbocycles. The monoisotopic (exact) mass is 342 g/mol. The summed E-state index contributed by atoms with van der Waals surface area (Å²) in [6.45, 7) is 5.73. The van der Waals surface area contributed by atoms with Gasteiger partial charge in [-0.1, -0.05) is 18.7 Å². The number of carbonyl (C=O) groups is 4. The average Bonchev–Trinajstić information content (AvgIpc) is 3.09. The summed E-state index contributed by atoms with van der Waals surface area (Å²) < 4.78 is 5.45. The smallest absolute Gasteiger partial charge is 0.410 e. The van der Waals surface area contributed by atoms with E-state index in [0.29, 0.717) is 25.8 Å². The lowest BCUT2D eigenvalue weighted by Gasteiger charge is -2.30. The largest absolute Gasteiger partial charge is 0.443 e. The second kappa shape index (κ2) is 6.90. The second-order valence-corrected chi connectivity index (χ2v) is 7.26. The number of hydrogen-bond acceptors (Lipinski definition) is 6. The minimum absolute atomic E-state index is 0.0766. The maximum Gasteiger partial charge on any atom is 0.410 e. The minimum atomic E-state index is -0.624. The molecule has 3 amide bonds. The van der Waals surface area contributed by atoms with E-state index in [1.54, 1.807) is 0 Å². The van der Waals surface area contributed by atoms with E-state index in [1.807, 2.05) is 20.8 Å². The third-order valence-electron chi connectivity index (χ3n) is 4.23. The van der Waals surface area contributed by atoms with Gasteiger partial charge >= 0.3 is 6.09 Å². The van der Waals surface area contributed by atoms with Crippen LogP contribution in [0.25, 0.3) is 0 Å². The van der Waals surface area contributed by atoms with E-state index in [-0.39, 0.29) is 24.0 Å². The fourth-order valence-corrected chi connectivity index (χ4v) is 3.21. The first kappa shape index (κ1) is 17.8. The maximum absolute atomic E-state index is 12.4. The molecule has 2 rings (SSSR count). The Morgan fingerprint density at radius 3 is 2.61 bits per heavy atom. The molecule has 0 spiro atoms. The highest BCUT2D eigenvalue weighted by atomic mass is 32.2. The van der Waals surface area contributed by atoms with Crippen molar-refractivity contribution in [3.05, 3.63) is 0 Å². The van der Waals surface area contributed by atoms with Crippen LogP contribution in [-0.2, 0) is 14.3 Å². The molecule has 2 aliphatic rings. The van der Waals surface area contributed by atoms with Gasteiger partial charge in [0, 0.05) is 6.54 Å². The highest BCUT2D eigenvalue weighted by Crippen LogP contribution is 2.24. The van der Waals surface area contributed by atoms with Gasteiger partial charge in [-0.2, -0.15) is 0 Å². The fraction of sp³-hybridized carbons (Fsp3) is 0.733. The highest BCUT2D eigenvalue weighted by molar-refractivity contribution is 8.14. The van der Waals surface area contributed by atoms with Crippen LogP contribution in [0.3, 0.4) is 0 Å². The van der Waals surface area contributed by atoms with E-state index in [2.05, 4.69) is 0 Å². The fourth-order valence-electron chi connectivity index (χ4n) is 2.48. The van der Waals surface area contributed by atoms with E-state index in [1.165, 1.54) is 4.90 Å². The van der Waals surface area contributed by atoms with Gasteiger partial charge in [-0.3, -0.25) is 24.2 Å². The summed E-state index contributed by atoms with van der Waals surface area (Å²) in [6, 6.07) is -0.624. The van der Waals surface area contributed by atoms with Crippen LogP contribution in [0.4, 0.5) is 9.59 Å². The van der Waals surface area contributed by atoms with Gasteiger partial charge < -0.3 is 4.74 Å². The number of ketones is 1. The molecule has 0 unspecified atom stereocenters. The zero-order chi connectivity index (χ0) is 17.2. The number of carbonyl (C=O) groups excluding carboxylic acids is 4. The summed E-state index contributed by atoms with van der Waals surface area (Å²) in [7, 11) is 0. The molecule has 0 N–H and O–H groups in total. The average molecular weight is 342 g/mol. The topological polar surface area (TPSA) is 84.0 Å². The van der Waals surface area contributed by atoms with Crippen molar-refractivity contribution in [2.75, 3.05) is 18.8 Å². The van der Waals surface area contributed by atoms with Crippen LogP contribution in [0.15, 0.2) is 0 Å². The summed E-state index contributed by atoms with van der Waals surface area (Å²) in [5.74, 6) is -0.571. The van der Waals surface area contributed by atoms with Crippen LogP contribution in [0, 0.1) is 0 Å². The van der Waals surface area contributed by atoms with Gasteiger partial charge in [0.2, 0.25) is 5.91 Å². The van der Waals surface area contributed by atoms with Crippen molar-refractivity contribution >= 4 is 34.8 Å². The van der Waals surface area contributed by atoms with Gasteiger partial charge in [0.1, 0.15) is 5.60 Å². The van der Waals surface area contributed by atoms with Gasteiger partial charge in [-0.05, 0) is 33.1 Å². The molecule has 7 nitrogen and oxygen atoms in total. The predicted octanol–water partition coefficient (Wildman–Crippen LogP) is 2.04. The van der Waals surface area contributed by atoms with Crippen LogP contribution in [0.2, 0.25) is 0 Å². The summed E-state index contributed by atoms with van der Waals surface area (Å²) in [6.07, 6.45) is 1.39. The zero-order valence-corrected chi connectivity index (χ0v) is 14.5. The number of imide groups is 1. The quantitative estimate of drug-likeness (QED) is 0.760. The van der Waals surface area contributed by atoms with Crippen LogP contribution >= 0.6 is 11.8 Å². The Balaban J connectivity index is 2.00. The molecular formula is C15H22N2O5S. The van der Waals surface area contributed by atoms with Gasteiger partial charge in [0.05, 0.1) is 18.3 Å². The standard InChI is InChI=1S/C15H22N2O5S/c1-4-15(2,3)22-13(20)16-7-5-6-10(16)11(18)8-17-12(19)9-23-14(17)21/h10H,4-9H2,1-3H3/t10-/m1/s1. The van der Waals surface area contributed by atoms with Crippen molar-refractivity contribution in [2.24, 2.45) is 0 Å². The number of amides is 3. The van der Waals surface area contributed by atoms with E-state index >= 15 is 0 Å².